The second-order valence-electron chi connectivity index (χ2n) is 5.41. The molecule has 102 valence electrons. The third-order valence-corrected chi connectivity index (χ3v) is 4.23. The summed E-state index contributed by atoms with van der Waals surface area (Å²) in [4.78, 5) is 10.9. The molecule has 0 saturated heterocycles. The van der Waals surface area contributed by atoms with E-state index in [1.165, 1.54) is 6.08 Å². The highest BCUT2D eigenvalue weighted by molar-refractivity contribution is 5.80. The van der Waals surface area contributed by atoms with E-state index in [4.69, 9.17) is 5.11 Å². The van der Waals surface area contributed by atoms with Crippen molar-refractivity contribution >= 4 is 5.97 Å². The number of carboxylic acid groups (broad SMARTS) is 1. The van der Waals surface area contributed by atoms with Crippen LogP contribution in [0.4, 0.5) is 0 Å². The molecule has 3 atom stereocenters. The molecule has 2 N–H and O–H groups in total. The van der Waals surface area contributed by atoms with Gasteiger partial charge in [-0.25, -0.2) is 4.79 Å². The Bertz CT molecular complexity index is 466. The highest BCUT2D eigenvalue weighted by Gasteiger charge is 2.40. The standard InChI is InChI=1S/C16H20O3/c1-12-11-14(17)7-9-16(12,10-8-15(18)19)13-5-3-2-4-6-13/h2-6,8,10,12,14,17H,7,9,11H2,1H3,(H,18,19). The Morgan fingerprint density at radius 2 is 2.05 bits per heavy atom. The van der Waals surface area contributed by atoms with Crippen LogP contribution in [0.5, 0.6) is 0 Å². The summed E-state index contributed by atoms with van der Waals surface area (Å²) in [5.74, 6) is -0.706. The van der Waals surface area contributed by atoms with Crippen molar-refractivity contribution < 1.29 is 15.0 Å². The van der Waals surface area contributed by atoms with E-state index in [9.17, 15) is 9.90 Å². The van der Waals surface area contributed by atoms with Crippen molar-refractivity contribution in [2.24, 2.45) is 5.92 Å². The summed E-state index contributed by atoms with van der Waals surface area (Å²) in [6.07, 6.45) is 4.97. The number of aliphatic carboxylic acids is 1. The van der Waals surface area contributed by atoms with Gasteiger partial charge in [-0.2, -0.15) is 0 Å². The Hall–Kier alpha value is -1.61. The van der Waals surface area contributed by atoms with Crippen LogP contribution in [0.25, 0.3) is 0 Å². The minimum absolute atomic E-state index is 0.217. The highest BCUT2D eigenvalue weighted by Crippen LogP contribution is 2.44. The molecule has 1 aromatic carbocycles. The van der Waals surface area contributed by atoms with Crippen molar-refractivity contribution in [3.63, 3.8) is 0 Å². The van der Waals surface area contributed by atoms with Gasteiger partial charge in [-0.3, -0.25) is 0 Å². The molecule has 1 aromatic rings. The zero-order chi connectivity index (χ0) is 13.9. The van der Waals surface area contributed by atoms with Crippen molar-refractivity contribution in [3.8, 4) is 0 Å². The van der Waals surface area contributed by atoms with Gasteiger partial charge in [-0.05, 0) is 30.7 Å². The Morgan fingerprint density at radius 1 is 1.37 bits per heavy atom. The second-order valence-corrected chi connectivity index (χ2v) is 5.41. The highest BCUT2D eigenvalue weighted by atomic mass is 16.4. The van der Waals surface area contributed by atoms with E-state index < -0.39 is 5.97 Å². The van der Waals surface area contributed by atoms with E-state index in [0.717, 1.165) is 12.0 Å². The van der Waals surface area contributed by atoms with Crippen molar-refractivity contribution in [1.29, 1.82) is 0 Å². The van der Waals surface area contributed by atoms with Crippen LogP contribution in [0.2, 0.25) is 0 Å². The van der Waals surface area contributed by atoms with Gasteiger partial charge in [0, 0.05) is 11.5 Å². The molecule has 19 heavy (non-hydrogen) atoms. The third-order valence-electron chi connectivity index (χ3n) is 4.23. The van der Waals surface area contributed by atoms with Gasteiger partial charge in [0.15, 0.2) is 0 Å². The molecule has 0 radical (unpaired) electrons. The molecule has 1 fully saturated rings. The van der Waals surface area contributed by atoms with Crippen LogP contribution < -0.4 is 0 Å². The van der Waals surface area contributed by atoms with E-state index in [-0.39, 0.29) is 17.4 Å². The Labute approximate surface area is 113 Å². The summed E-state index contributed by atoms with van der Waals surface area (Å²) in [7, 11) is 0. The first-order valence-corrected chi connectivity index (χ1v) is 6.70. The fraction of sp³-hybridized carbons (Fsp3) is 0.438. The molecular formula is C16H20O3. The third kappa shape index (κ3) is 2.87. The minimum atomic E-state index is -0.923. The molecule has 3 heteroatoms. The molecule has 0 bridgehead atoms. The van der Waals surface area contributed by atoms with Crippen molar-refractivity contribution in [2.45, 2.75) is 37.7 Å². The van der Waals surface area contributed by atoms with E-state index in [1.807, 2.05) is 30.3 Å². The Balaban J connectivity index is 2.41. The van der Waals surface area contributed by atoms with Crippen molar-refractivity contribution in [1.82, 2.24) is 0 Å². The van der Waals surface area contributed by atoms with Crippen LogP contribution in [0, 0.1) is 5.92 Å². The predicted molar refractivity (Wildman–Crippen MR) is 73.9 cm³/mol. The minimum Gasteiger partial charge on any atom is -0.478 e. The van der Waals surface area contributed by atoms with Crippen LogP contribution in [-0.2, 0) is 10.2 Å². The number of aliphatic hydroxyl groups is 1. The Kier molecular flexibility index (Phi) is 4.05. The monoisotopic (exact) mass is 260 g/mol. The maximum absolute atomic E-state index is 10.9. The lowest BCUT2D eigenvalue weighted by Crippen LogP contribution is -2.39. The zero-order valence-corrected chi connectivity index (χ0v) is 11.1. The molecule has 3 unspecified atom stereocenters. The smallest absolute Gasteiger partial charge is 0.328 e. The number of benzene rings is 1. The van der Waals surface area contributed by atoms with Gasteiger partial charge >= 0.3 is 5.97 Å². The number of carbonyl (C=O) groups is 1. The number of aliphatic hydroxyl groups excluding tert-OH is 1. The molecule has 0 spiro atoms. The largest absolute Gasteiger partial charge is 0.478 e. The predicted octanol–water partition coefficient (Wildman–Crippen LogP) is 2.75. The molecule has 0 heterocycles. The molecule has 1 saturated carbocycles. The molecule has 0 amide bonds. The van der Waals surface area contributed by atoms with Gasteiger partial charge < -0.3 is 10.2 Å². The molecule has 2 rings (SSSR count). The first-order valence-electron chi connectivity index (χ1n) is 6.70. The molecule has 1 aliphatic rings. The average Bonchev–Trinajstić information content (AvgIpc) is 2.39. The zero-order valence-electron chi connectivity index (χ0n) is 11.1. The van der Waals surface area contributed by atoms with Gasteiger partial charge in [-0.15, -0.1) is 0 Å². The average molecular weight is 260 g/mol. The van der Waals surface area contributed by atoms with Gasteiger partial charge in [0.05, 0.1) is 6.10 Å². The lowest BCUT2D eigenvalue weighted by Gasteiger charge is -2.43. The van der Waals surface area contributed by atoms with E-state index in [2.05, 4.69) is 6.92 Å². The molecule has 0 aromatic heterocycles. The molecule has 3 nitrogen and oxygen atoms in total. The summed E-state index contributed by atoms with van der Waals surface area (Å²) in [5.41, 5.74) is 0.853. The Morgan fingerprint density at radius 3 is 2.63 bits per heavy atom. The van der Waals surface area contributed by atoms with Crippen LogP contribution in [0.3, 0.4) is 0 Å². The van der Waals surface area contributed by atoms with Crippen LogP contribution in [0.15, 0.2) is 42.5 Å². The lowest BCUT2D eigenvalue weighted by molar-refractivity contribution is -0.131. The summed E-state index contributed by atoms with van der Waals surface area (Å²) in [6, 6.07) is 9.99. The molecular weight excluding hydrogens is 240 g/mol. The molecule has 1 aliphatic carbocycles. The normalized spacial score (nSPS) is 31.5. The number of hydrogen-bond donors (Lipinski definition) is 2. The lowest BCUT2D eigenvalue weighted by atomic mass is 9.62. The van der Waals surface area contributed by atoms with Crippen molar-refractivity contribution in [2.75, 3.05) is 0 Å². The SMILES string of the molecule is CC1CC(O)CCC1(C=CC(=O)O)c1ccccc1. The summed E-state index contributed by atoms with van der Waals surface area (Å²) >= 11 is 0. The van der Waals surface area contributed by atoms with Gasteiger partial charge in [0.1, 0.15) is 0 Å². The maximum Gasteiger partial charge on any atom is 0.328 e. The van der Waals surface area contributed by atoms with E-state index >= 15 is 0 Å². The van der Waals surface area contributed by atoms with Gasteiger partial charge in [-0.1, -0.05) is 43.3 Å². The van der Waals surface area contributed by atoms with E-state index in [0.29, 0.717) is 12.8 Å². The number of allylic oxidation sites excluding steroid dienone is 1. The first-order chi connectivity index (χ1) is 9.04. The quantitative estimate of drug-likeness (QED) is 0.822. The maximum atomic E-state index is 10.9. The topological polar surface area (TPSA) is 57.5 Å². The number of carboxylic acids is 1. The van der Waals surface area contributed by atoms with Crippen LogP contribution in [0.1, 0.15) is 31.7 Å². The number of hydrogen-bond acceptors (Lipinski definition) is 2. The summed E-state index contributed by atoms with van der Waals surface area (Å²) < 4.78 is 0. The van der Waals surface area contributed by atoms with E-state index in [1.54, 1.807) is 6.08 Å². The number of rotatable bonds is 3. The second kappa shape index (κ2) is 5.57. The van der Waals surface area contributed by atoms with Crippen LogP contribution in [-0.4, -0.2) is 22.3 Å². The van der Waals surface area contributed by atoms with Crippen molar-refractivity contribution in [3.05, 3.63) is 48.0 Å². The fourth-order valence-corrected chi connectivity index (χ4v) is 3.13. The van der Waals surface area contributed by atoms with Gasteiger partial charge in [0.2, 0.25) is 0 Å². The van der Waals surface area contributed by atoms with Gasteiger partial charge in [0.25, 0.3) is 0 Å². The molecule has 0 aliphatic heterocycles. The summed E-state index contributed by atoms with van der Waals surface area (Å²) in [5, 5.41) is 18.7. The van der Waals surface area contributed by atoms with Crippen LogP contribution >= 0.6 is 0 Å². The first kappa shape index (κ1) is 13.8. The summed E-state index contributed by atoms with van der Waals surface area (Å²) in [6.45, 7) is 2.08. The fourth-order valence-electron chi connectivity index (χ4n) is 3.13.